The molecule has 0 radical (unpaired) electrons. The van der Waals surface area contributed by atoms with Crippen molar-refractivity contribution < 1.29 is 9.18 Å². The largest absolute Gasteiger partial charge is 0.355 e. The van der Waals surface area contributed by atoms with E-state index in [-0.39, 0.29) is 11.6 Å². The molecule has 118 valence electrons. The Morgan fingerprint density at radius 3 is 2.04 bits per heavy atom. The molecule has 0 amide bonds. The summed E-state index contributed by atoms with van der Waals surface area (Å²) in [6.07, 6.45) is 1.54. The highest BCUT2D eigenvalue weighted by molar-refractivity contribution is 6.09. The summed E-state index contributed by atoms with van der Waals surface area (Å²) >= 11 is 0. The second kappa shape index (κ2) is 7.38. The first-order valence-corrected chi connectivity index (χ1v) is 7.61. The van der Waals surface area contributed by atoms with Crippen molar-refractivity contribution in [2.24, 2.45) is 0 Å². The molecule has 3 rings (SSSR count). The summed E-state index contributed by atoms with van der Waals surface area (Å²) in [5, 5.41) is 3.14. The average molecular weight is 317 g/mol. The molecule has 0 aliphatic rings. The van der Waals surface area contributed by atoms with Crippen LogP contribution in [0.1, 0.15) is 15.9 Å². The Morgan fingerprint density at radius 1 is 0.792 bits per heavy atom. The molecule has 3 aromatic rings. The number of anilines is 1. The smallest absolute Gasteiger partial charge is 0.187 e. The van der Waals surface area contributed by atoms with E-state index in [1.165, 1.54) is 18.2 Å². The van der Waals surface area contributed by atoms with Gasteiger partial charge in [-0.15, -0.1) is 0 Å². The number of carbonyl (C=O) groups is 1. The summed E-state index contributed by atoms with van der Waals surface area (Å²) < 4.78 is 13.4. The van der Waals surface area contributed by atoms with Crippen molar-refractivity contribution in [3.63, 3.8) is 0 Å². The number of hydrogen-bond acceptors (Lipinski definition) is 2. The minimum Gasteiger partial charge on any atom is -0.355 e. The van der Waals surface area contributed by atoms with Gasteiger partial charge in [-0.1, -0.05) is 66.7 Å². The number of halogens is 1. The first kappa shape index (κ1) is 15.7. The van der Waals surface area contributed by atoms with Crippen LogP contribution in [0.5, 0.6) is 0 Å². The second-order valence-corrected chi connectivity index (χ2v) is 5.29. The molecule has 0 saturated carbocycles. The van der Waals surface area contributed by atoms with Gasteiger partial charge in [0.25, 0.3) is 0 Å². The van der Waals surface area contributed by atoms with Gasteiger partial charge in [0.15, 0.2) is 5.78 Å². The molecule has 3 heteroatoms. The SMILES string of the molecule is O=C(/C=C(\Nc1cccc(F)c1)c1ccccc1)c1ccccc1. The fraction of sp³-hybridized carbons (Fsp3) is 0. The normalized spacial score (nSPS) is 11.1. The number of carbonyl (C=O) groups excluding carboxylic acids is 1. The number of hydrogen-bond donors (Lipinski definition) is 1. The molecule has 0 heterocycles. The van der Waals surface area contributed by atoms with Crippen molar-refractivity contribution in [2.45, 2.75) is 0 Å². The lowest BCUT2D eigenvalue weighted by Gasteiger charge is -2.12. The van der Waals surface area contributed by atoms with Gasteiger partial charge in [-0.2, -0.15) is 0 Å². The highest BCUT2D eigenvalue weighted by Gasteiger charge is 2.08. The molecule has 0 aliphatic heterocycles. The minimum absolute atomic E-state index is 0.113. The Morgan fingerprint density at radius 2 is 1.42 bits per heavy atom. The zero-order chi connectivity index (χ0) is 16.8. The maximum atomic E-state index is 13.4. The summed E-state index contributed by atoms with van der Waals surface area (Å²) in [7, 11) is 0. The summed E-state index contributed by atoms with van der Waals surface area (Å²) in [5.41, 5.74) is 2.67. The lowest BCUT2D eigenvalue weighted by molar-refractivity contribution is 0.104. The van der Waals surface area contributed by atoms with Gasteiger partial charge in [-0.05, 0) is 23.8 Å². The summed E-state index contributed by atoms with van der Waals surface area (Å²) in [6.45, 7) is 0. The number of ketones is 1. The molecular weight excluding hydrogens is 301 g/mol. The summed E-state index contributed by atoms with van der Waals surface area (Å²) in [6, 6.07) is 24.7. The van der Waals surface area contributed by atoms with Crippen LogP contribution in [0, 0.1) is 5.82 Å². The molecule has 0 bridgehead atoms. The molecule has 0 atom stereocenters. The van der Waals surface area contributed by atoms with Gasteiger partial charge < -0.3 is 5.32 Å². The van der Waals surface area contributed by atoms with Gasteiger partial charge >= 0.3 is 0 Å². The molecular formula is C21H16FNO. The van der Waals surface area contributed by atoms with Gasteiger partial charge in [-0.25, -0.2) is 4.39 Å². The summed E-state index contributed by atoms with van der Waals surface area (Å²) in [5.74, 6) is -0.444. The zero-order valence-electron chi connectivity index (χ0n) is 12.9. The van der Waals surface area contributed by atoms with E-state index < -0.39 is 0 Å². The van der Waals surface area contributed by atoms with Gasteiger partial charge in [0.1, 0.15) is 5.82 Å². The quantitative estimate of drug-likeness (QED) is 0.520. The van der Waals surface area contributed by atoms with Crippen molar-refractivity contribution >= 4 is 17.2 Å². The molecule has 2 nitrogen and oxygen atoms in total. The van der Waals surface area contributed by atoms with Crippen LogP contribution in [0.3, 0.4) is 0 Å². The van der Waals surface area contributed by atoms with Crippen LogP contribution in [0.4, 0.5) is 10.1 Å². The molecule has 0 aliphatic carbocycles. The Kier molecular flexibility index (Phi) is 4.82. The fourth-order valence-electron chi connectivity index (χ4n) is 2.35. The van der Waals surface area contributed by atoms with E-state index in [9.17, 15) is 9.18 Å². The van der Waals surface area contributed by atoms with Crippen molar-refractivity contribution in [3.05, 3.63) is 108 Å². The highest BCUT2D eigenvalue weighted by Crippen LogP contribution is 2.20. The Labute approximate surface area is 140 Å². The van der Waals surface area contributed by atoms with Crippen LogP contribution < -0.4 is 5.32 Å². The van der Waals surface area contributed by atoms with Crippen molar-refractivity contribution in [1.29, 1.82) is 0 Å². The average Bonchev–Trinajstić information content (AvgIpc) is 2.63. The fourth-order valence-corrected chi connectivity index (χ4v) is 2.35. The number of rotatable bonds is 5. The lowest BCUT2D eigenvalue weighted by atomic mass is 10.1. The van der Waals surface area contributed by atoms with E-state index in [0.29, 0.717) is 16.9 Å². The van der Waals surface area contributed by atoms with Gasteiger partial charge in [0.2, 0.25) is 0 Å². The summed E-state index contributed by atoms with van der Waals surface area (Å²) in [4.78, 5) is 12.5. The molecule has 0 spiro atoms. The predicted octanol–water partition coefficient (Wildman–Crippen LogP) is 5.16. The Hall–Kier alpha value is -3.20. The van der Waals surface area contributed by atoms with E-state index in [4.69, 9.17) is 0 Å². The Bertz CT molecular complexity index is 857. The monoisotopic (exact) mass is 317 g/mol. The maximum Gasteiger partial charge on any atom is 0.187 e. The Balaban J connectivity index is 1.96. The topological polar surface area (TPSA) is 29.1 Å². The number of nitrogens with one attached hydrogen (secondary N) is 1. The molecule has 0 fully saturated rings. The number of benzene rings is 3. The van der Waals surface area contributed by atoms with E-state index in [1.807, 2.05) is 48.5 Å². The number of allylic oxidation sites excluding steroid dienone is 1. The van der Waals surface area contributed by atoms with E-state index in [0.717, 1.165) is 5.56 Å². The van der Waals surface area contributed by atoms with Crippen LogP contribution >= 0.6 is 0 Å². The van der Waals surface area contributed by atoms with E-state index >= 15 is 0 Å². The van der Waals surface area contributed by atoms with Gasteiger partial charge in [-0.3, -0.25) is 4.79 Å². The molecule has 0 aromatic heterocycles. The molecule has 24 heavy (non-hydrogen) atoms. The molecule has 0 unspecified atom stereocenters. The zero-order valence-corrected chi connectivity index (χ0v) is 12.9. The second-order valence-electron chi connectivity index (χ2n) is 5.29. The third-order valence-corrected chi connectivity index (χ3v) is 3.52. The standard InChI is InChI=1S/C21H16FNO/c22-18-12-7-13-19(14-18)23-20(16-8-3-1-4-9-16)15-21(24)17-10-5-2-6-11-17/h1-15,23H/b20-15-. The maximum absolute atomic E-state index is 13.4. The molecule has 3 aromatic carbocycles. The first-order valence-electron chi connectivity index (χ1n) is 7.61. The predicted molar refractivity (Wildman–Crippen MR) is 95.2 cm³/mol. The third kappa shape index (κ3) is 3.96. The highest BCUT2D eigenvalue weighted by atomic mass is 19.1. The first-order chi connectivity index (χ1) is 11.7. The van der Waals surface area contributed by atoms with Crippen LogP contribution in [-0.2, 0) is 0 Å². The van der Waals surface area contributed by atoms with Crippen LogP contribution in [0.25, 0.3) is 5.70 Å². The molecule has 1 N–H and O–H groups in total. The third-order valence-electron chi connectivity index (χ3n) is 3.52. The van der Waals surface area contributed by atoms with Gasteiger partial charge in [0, 0.05) is 23.0 Å². The van der Waals surface area contributed by atoms with Crippen molar-refractivity contribution in [1.82, 2.24) is 0 Å². The van der Waals surface area contributed by atoms with Crippen molar-refractivity contribution in [2.75, 3.05) is 5.32 Å². The molecule has 0 saturated heterocycles. The van der Waals surface area contributed by atoms with Crippen molar-refractivity contribution in [3.8, 4) is 0 Å². The van der Waals surface area contributed by atoms with Gasteiger partial charge in [0.05, 0.1) is 0 Å². The van der Waals surface area contributed by atoms with Crippen LogP contribution in [0.2, 0.25) is 0 Å². The minimum atomic E-state index is -0.332. The lowest BCUT2D eigenvalue weighted by Crippen LogP contribution is -2.03. The van der Waals surface area contributed by atoms with Crippen LogP contribution in [0.15, 0.2) is 91.0 Å². The van der Waals surface area contributed by atoms with E-state index in [1.54, 1.807) is 24.3 Å². The van der Waals surface area contributed by atoms with E-state index in [2.05, 4.69) is 5.32 Å². The van der Waals surface area contributed by atoms with Crippen LogP contribution in [-0.4, -0.2) is 5.78 Å².